The van der Waals surface area contributed by atoms with Gasteiger partial charge in [-0.25, -0.2) is 14.2 Å². The summed E-state index contributed by atoms with van der Waals surface area (Å²) in [5.41, 5.74) is 0. The van der Waals surface area contributed by atoms with Crippen molar-refractivity contribution in [3.8, 4) is 0 Å². The number of carbonyl (C=O) groups excluding carboxylic acids is 2. The summed E-state index contributed by atoms with van der Waals surface area (Å²) in [5, 5.41) is 0. The van der Waals surface area contributed by atoms with Crippen LogP contribution in [0.2, 0.25) is 0 Å². The largest absolute Gasteiger partial charge is 0.508 e. The summed E-state index contributed by atoms with van der Waals surface area (Å²) in [6.07, 6.45) is -2.49. The molecule has 0 unspecified atom stereocenters. The third-order valence-electron chi connectivity index (χ3n) is 3.12. The molecule has 180 valence electrons. The Morgan fingerprint density at radius 2 is 1.10 bits per heavy atom. The standard InChI is InChI=1S/C12H23O10P.C6H15N/c1-9(2)21-11(13)17-5-7-19-23(15,16)20-8-6-18-12(14)22-10(3)4;1-4-7(5-2)6-3/h9-10H,5-8H2,1-4H3,(H,15,16);4-6H2,1-3H3. The Labute approximate surface area is 179 Å². The van der Waals surface area contributed by atoms with E-state index in [4.69, 9.17) is 0 Å². The van der Waals surface area contributed by atoms with E-state index in [0.29, 0.717) is 0 Å². The van der Waals surface area contributed by atoms with Crippen molar-refractivity contribution in [2.75, 3.05) is 46.1 Å². The van der Waals surface area contributed by atoms with Gasteiger partial charge in [0.25, 0.3) is 0 Å². The van der Waals surface area contributed by atoms with Crippen molar-refractivity contribution in [1.29, 1.82) is 0 Å². The zero-order chi connectivity index (χ0) is 23.6. The molecule has 30 heavy (non-hydrogen) atoms. The van der Waals surface area contributed by atoms with E-state index in [1.807, 2.05) is 0 Å². The Morgan fingerprint density at radius 3 is 1.33 bits per heavy atom. The first kappa shape index (κ1) is 30.8. The van der Waals surface area contributed by atoms with E-state index in [1.54, 1.807) is 27.7 Å². The minimum atomic E-state index is -4.33. The summed E-state index contributed by atoms with van der Waals surface area (Å²) in [5.74, 6) is 0. The van der Waals surface area contributed by atoms with Gasteiger partial charge in [0, 0.05) is 0 Å². The molecular formula is C18H38NO10P. The van der Waals surface area contributed by atoms with Crippen molar-refractivity contribution in [3.63, 3.8) is 0 Å². The highest BCUT2D eigenvalue weighted by Gasteiger charge is 2.21. The first-order valence-electron chi connectivity index (χ1n) is 9.98. The lowest BCUT2D eigenvalue weighted by molar-refractivity contribution is 0.0172. The second-order valence-electron chi connectivity index (χ2n) is 6.28. The Kier molecular flexibility index (Phi) is 18.9. The highest BCUT2D eigenvalue weighted by molar-refractivity contribution is 7.47. The molecule has 0 aliphatic rings. The lowest BCUT2D eigenvalue weighted by Crippen LogP contribution is -2.21. The Morgan fingerprint density at radius 1 is 0.767 bits per heavy atom. The molecule has 0 aromatic heterocycles. The number of hydrogen-bond donors (Lipinski definition) is 1. The fraction of sp³-hybridized carbons (Fsp3) is 0.889. The lowest BCUT2D eigenvalue weighted by Gasteiger charge is -2.13. The highest BCUT2D eigenvalue weighted by Crippen LogP contribution is 2.42. The van der Waals surface area contributed by atoms with Crippen LogP contribution in [0.5, 0.6) is 0 Å². The zero-order valence-electron chi connectivity index (χ0n) is 19.1. The third kappa shape index (κ3) is 21.3. The molecule has 0 radical (unpaired) electrons. The quantitative estimate of drug-likeness (QED) is 0.246. The molecule has 0 spiro atoms. The van der Waals surface area contributed by atoms with Crippen LogP contribution in [0.3, 0.4) is 0 Å². The van der Waals surface area contributed by atoms with Gasteiger partial charge in [-0.15, -0.1) is 0 Å². The fourth-order valence-corrected chi connectivity index (χ4v) is 2.40. The van der Waals surface area contributed by atoms with Crippen molar-refractivity contribution in [1.82, 2.24) is 4.90 Å². The summed E-state index contributed by atoms with van der Waals surface area (Å²) in [6.45, 7) is 15.4. The van der Waals surface area contributed by atoms with E-state index >= 15 is 0 Å². The van der Waals surface area contributed by atoms with Gasteiger partial charge >= 0.3 is 20.1 Å². The molecule has 12 heteroatoms. The zero-order valence-corrected chi connectivity index (χ0v) is 20.0. The first-order chi connectivity index (χ1) is 14.0. The van der Waals surface area contributed by atoms with E-state index in [2.05, 4.69) is 53.7 Å². The molecule has 11 nitrogen and oxygen atoms in total. The topological polar surface area (TPSA) is 130 Å². The number of hydrogen-bond acceptors (Lipinski definition) is 10. The molecule has 0 bridgehead atoms. The van der Waals surface area contributed by atoms with Gasteiger partial charge in [-0.2, -0.15) is 0 Å². The highest BCUT2D eigenvalue weighted by atomic mass is 31.2. The predicted octanol–water partition coefficient (Wildman–Crippen LogP) is 3.59. The van der Waals surface area contributed by atoms with Gasteiger partial charge in [-0.3, -0.25) is 9.05 Å². The molecule has 0 aliphatic carbocycles. The van der Waals surface area contributed by atoms with Gasteiger partial charge in [0.15, 0.2) is 0 Å². The molecule has 0 aromatic rings. The number of carbonyl (C=O) groups is 2. The summed E-state index contributed by atoms with van der Waals surface area (Å²) in [4.78, 5) is 33.7. The van der Waals surface area contributed by atoms with Gasteiger partial charge in [-0.1, -0.05) is 20.8 Å². The summed E-state index contributed by atoms with van der Waals surface area (Å²) in [6, 6.07) is 0. The Balaban J connectivity index is 0. The maximum atomic E-state index is 11.4. The van der Waals surface area contributed by atoms with E-state index < -0.39 is 20.1 Å². The van der Waals surface area contributed by atoms with E-state index in [9.17, 15) is 19.0 Å². The predicted molar refractivity (Wildman–Crippen MR) is 110 cm³/mol. The molecule has 0 aliphatic heterocycles. The molecule has 0 atom stereocenters. The minimum Gasteiger partial charge on any atom is -0.432 e. The number of phosphoric ester groups is 1. The second kappa shape index (κ2) is 18.4. The average molecular weight is 459 g/mol. The van der Waals surface area contributed by atoms with Crippen molar-refractivity contribution < 1.29 is 47.0 Å². The van der Waals surface area contributed by atoms with Gasteiger partial charge in [0.2, 0.25) is 0 Å². The number of ether oxygens (including phenoxy) is 4. The summed E-state index contributed by atoms with van der Waals surface area (Å²) in [7, 11) is -4.33. The maximum absolute atomic E-state index is 11.4. The number of phosphoric acid groups is 1. The van der Waals surface area contributed by atoms with Crippen molar-refractivity contribution in [3.05, 3.63) is 0 Å². The third-order valence-corrected chi connectivity index (χ3v) is 4.14. The van der Waals surface area contributed by atoms with Crippen LogP contribution in [0.25, 0.3) is 0 Å². The molecule has 0 saturated carbocycles. The van der Waals surface area contributed by atoms with Gasteiger partial charge < -0.3 is 28.7 Å². The van der Waals surface area contributed by atoms with Crippen molar-refractivity contribution >= 4 is 20.1 Å². The van der Waals surface area contributed by atoms with E-state index in [0.717, 1.165) is 0 Å². The monoisotopic (exact) mass is 459 g/mol. The van der Waals surface area contributed by atoms with Crippen LogP contribution in [-0.4, -0.2) is 80.4 Å². The normalized spacial score (nSPS) is 11.2. The van der Waals surface area contributed by atoms with Gasteiger partial charge in [0.1, 0.15) is 13.2 Å². The second-order valence-corrected chi connectivity index (χ2v) is 7.74. The summed E-state index contributed by atoms with van der Waals surface area (Å²) < 4.78 is 39.0. The van der Waals surface area contributed by atoms with Crippen LogP contribution >= 0.6 is 7.82 Å². The maximum Gasteiger partial charge on any atom is 0.508 e. The van der Waals surface area contributed by atoms with Crippen LogP contribution < -0.4 is 0 Å². The average Bonchev–Trinajstić information content (AvgIpc) is 2.63. The molecule has 0 heterocycles. The lowest BCUT2D eigenvalue weighted by atomic mass is 10.5. The Hall–Kier alpha value is -1.39. The van der Waals surface area contributed by atoms with E-state index in [1.165, 1.54) is 19.6 Å². The molecule has 0 amide bonds. The van der Waals surface area contributed by atoms with Crippen LogP contribution in [0, 0.1) is 0 Å². The molecule has 0 fully saturated rings. The van der Waals surface area contributed by atoms with Crippen LogP contribution in [0.1, 0.15) is 48.5 Å². The van der Waals surface area contributed by atoms with Crippen molar-refractivity contribution in [2.24, 2.45) is 0 Å². The number of rotatable bonds is 13. The molecule has 0 aromatic carbocycles. The van der Waals surface area contributed by atoms with Crippen LogP contribution in [-0.2, 0) is 32.6 Å². The molecule has 0 saturated heterocycles. The van der Waals surface area contributed by atoms with E-state index in [-0.39, 0.29) is 38.6 Å². The van der Waals surface area contributed by atoms with Crippen LogP contribution in [0.15, 0.2) is 0 Å². The minimum absolute atomic E-state index is 0.281. The molecule has 0 rings (SSSR count). The van der Waals surface area contributed by atoms with Gasteiger partial charge in [0.05, 0.1) is 25.4 Å². The SMILES string of the molecule is CC(C)OC(=O)OCCOP(=O)(O)OCCOC(=O)OC(C)C.CCN(CC)CC. The first-order valence-corrected chi connectivity index (χ1v) is 11.5. The Bertz CT molecular complexity index is 458. The van der Waals surface area contributed by atoms with Crippen molar-refractivity contribution in [2.45, 2.75) is 60.7 Å². The fourth-order valence-electron chi connectivity index (χ4n) is 1.72. The molecule has 1 N–H and O–H groups in total. The van der Waals surface area contributed by atoms with Crippen LogP contribution in [0.4, 0.5) is 9.59 Å². The smallest absolute Gasteiger partial charge is 0.432 e. The number of nitrogens with zero attached hydrogens (tertiary/aromatic N) is 1. The van der Waals surface area contributed by atoms with Gasteiger partial charge in [-0.05, 0) is 47.3 Å². The molecular weight excluding hydrogens is 421 g/mol. The summed E-state index contributed by atoms with van der Waals surface area (Å²) >= 11 is 0.